The molecule has 0 atom stereocenters. The Labute approximate surface area is 98.3 Å². The zero-order chi connectivity index (χ0) is 12.1. The maximum Gasteiger partial charge on any atom is 0.153 e. The first-order chi connectivity index (χ1) is 8.31. The van der Waals surface area contributed by atoms with Crippen molar-refractivity contribution in [2.75, 3.05) is 5.32 Å². The van der Waals surface area contributed by atoms with E-state index in [1.54, 1.807) is 30.5 Å². The maximum atomic E-state index is 13.4. The quantitative estimate of drug-likeness (QED) is 0.821. The molecule has 0 aliphatic heterocycles. The van der Waals surface area contributed by atoms with E-state index in [1.807, 2.05) is 0 Å². The first-order valence-electron chi connectivity index (χ1n) is 5.17. The fraction of sp³-hybridized carbons (Fsp3) is 0.0769. The number of carbonyl (C=O) groups is 1. The van der Waals surface area contributed by atoms with Gasteiger partial charge in [0, 0.05) is 30.2 Å². The number of aromatic nitrogens is 1. The maximum absolute atomic E-state index is 13.4. The van der Waals surface area contributed by atoms with Crippen LogP contribution >= 0.6 is 0 Å². The highest BCUT2D eigenvalue weighted by atomic mass is 19.1. The van der Waals surface area contributed by atoms with E-state index in [9.17, 15) is 9.18 Å². The van der Waals surface area contributed by atoms with Crippen LogP contribution in [0.3, 0.4) is 0 Å². The molecule has 4 heteroatoms. The summed E-state index contributed by atoms with van der Waals surface area (Å²) in [6, 6.07) is 8.20. The highest BCUT2D eigenvalue weighted by Crippen LogP contribution is 2.14. The van der Waals surface area contributed by atoms with Crippen LogP contribution < -0.4 is 5.32 Å². The Hall–Kier alpha value is -2.23. The van der Waals surface area contributed by atoms with Gasteiger partial charge in [-0.1, -0.05) is 18.2 Å². The van der Waals surface area contributed by atoms with Crippen LogP contribution in [0, 0.1) is 5.82 Å². The second-order valence-electron chi connectivity index (χ2n) is 3.53. The summed E-state index contributed by atoms with van der Waals surface area (Å²) >= 11 is 0. The smallest absolute Gasteiger partial charge is 0.153 e. The first kappa shape index (κ1) is 11.3. The molecule has 0 saturated heterocycles. The standard InChI is InChI=1S/C13H11FN2O/c14-12-4-2-1-3-10(12)8-16-13-5-6-15-7-11(13)9-17/h1-7,9H,8H2,(H,15,16). The fourth-order valence-electron chi connectivity index (χ4n) is 1.49. The second kappa shape index (κ2) is 5.21. The first-order valence-corrected chi connectivity index (χ1v) is 5.17. The zero-order valence-corrected chi connectivity index (χ0v) is 9.06. The van der Waals surface area contributed by atoms with Gasteiger partial charge in [0.25, 0.3) is 0 Å². The molecule has 1 heterocycles. The fourth-order valence-corrected chi connectivity index (χ4v) is 1.49. The van der Waals surface area contributed by atoms with Gasteiger partial charge in [-0.3, -0.25) is 9.78 Å². The molecule has 0 radical (unpaired) electrons. The van der Waals surface area contributed by atoms with Gasteiger partial charge in [-0.2, -0.15) is 0 Å². The number of anilines is 1. The van der Waals surface area contributed by atoms with E-state index >= 15 is 0 Å². The molecule has 3 nitrogen and oxygen atoms in total. The summed E-state index contributed by atoms with van der Waals surface area (Å²) in [6.45, 7) is 0.331. The van der Waals surface area contributed by atoms with E-state index in [0.717, 1.165) is 6.29 Å². The van der Waals surface area contributed by atoms with Crippen molar-refractivity contribution >= 4 is 12.0 Å². The van der Waals surface area contributed by atoms with Gasteiger partial charge < -0.3 is 5.32 Å². The summed E-state index contributed by atoms with van der Waals surface area (Å²) in [7, 11) is 0. The Morgan fingerprint density at radius 1 is 1.29 bits per heavy atom. The number of hydrogen-bond acceptors (Lipinski definition) is 3. The van der Waals surface area contributed by atoms with Crippen molar-refractivity contribution < 1.29 is 9.18 Å². The molecule has 1 aromatic heterocycles. The van der Waals surface area contributed by atoms with Crippen molar-refractivity contribution in [3.05, 3.63) is 59.7 Å². The summed E-state index contributed by atoms with van der Waals surface area (Å²) in [6.07, 6.45) is 3.77. The molecule has 0 aliphatic carbocycles. The highest BCUT2D eigenvalue weighted by Gasteiger charge is 2.03. The Kier molecular flexibility index (Phi) is 3.45. The van der Waals surface area contributed by atoms with Gasteiger partial charge in [0.2, 0.25) is 0 Å². The van der Waals surface area contributed by atoms with Crippen molar-refractivity contribution in [2.24, 2.45) is 0 Å². The molecule has 1 N–H and O–H groups in total. The SMILES string of the molecule is O=Cc1cnccc1NCc1ccccc1F. The lowest BCUT2D eigenvalue weighted by molar-refractivity contribution is 0.112. The monoisotopic (exact) mass is 230 g/mol. The van der Waals surface area contributed by atoms with Gasteiger partial charge in [-0.15, -0.1) is 0 Å². The zero-order valence-electron chi connectivity index (χ0n) is 9.06. The number of halogens is 1. The van der Waals surface area contributed by atoms with Gasteiger partial charge in [0.1, 0.15) is 5.82 Å². The van der Waals surface area contributed by atoms with E-state index < -0.39 is 0 Å². The average Bonchev–Trinajstić information content (AvgIpc) is 2.38. The molecule has 2 aromatic rings. The Bertz CT molecular complexity index is 528. The van der Waals surface area contributed by atoms with E-state index in [-0.39, 0.29) is 5.82 Å². The van der Waals surface area contributed by atoms with Crippen molar-refractivity contribution in [1.29, 1.82) is 0 Å². The van der Waals surface area contributed by atoms with Gasteiger partial charge in [0.15, 0.2) is 6.29 Å². The minimum atomic E-state index is -0.262. The number of nitrogens with one attached hydrogen (secondary N) is 1. The average molecular weight is 230 g/mol. The number of nitrogens with zero attached hydrogens (tertiary/aromatic N) is 1. The molecular formula is C13H11FN2O. The van der Waals surface area contributed by atoms with Crippen molar-refractivity contribution in [2.45, 2.75) is 6.54 Å². The molecule has 0 fully saturated rings. The number of carbonyl (C=O) groups excluding carboxylic acids is 1. The Morgan fingerprint density at radius 3 is 2.88 bits per heavy atom. The van der Waals surface area contributed by atoms with Gasteiger partial charge in [-0.05, 0) is 12.1 Å². The summed E-state index contributed by atoms with van der Waals surface area (Å²) < 4.78 is 13.4. The topological polar surface area (TPSA) is 42.0 Å². The van der Waals surface area contributed by atoms with Gasteiger partial charge in [-0.25, -0.2) is 4.39 Å². The van der Waals surface area contributed by atoms with Crippen LogP contribution in [0.15, 0.2) is 42.7 Å². The second-order valence-corrected chi connectivity index (χ2v) is 3.53. The molecular weight excluding hydrogens is 219 g/mol. The lowest BCUT2D eigenvalue weighted by Gasteiger charge is -2.08. The van der Waals surface area contributed by atoms with Gasteiger partial charge >= 0.3 is 0 Å². The lowest BCUT2D eigenvalue weighted by Crippen LogP contribution is -2.04. The van der Waals surface area contributed by atoms with Crippen molar-refractivity contribution in [1.82, 2.24) is 4.98 Å². The Morgan fingerprint density at radius 2 is 2.12 bits per heavy atom. The molecule has 2 rings (SSSR count). The summed E-state index contributed by atoms with van der Waals surface area (Å²) in [4.78, 5) is 14.6. The minimum Gasteiger partial charge on any atom is -0.380 e. The third-order valence-electron chi connectivity index (χ3n) is 2.41. The van der Waals surface area contributed by atoms with E-state index in [2.05, 4.69) is 10.3 Å². The lowest BCUT2D eigenvalue weighted by atomic mass is 10.2. The van der Waals surface area contributed by atoms with Crippen LogP contribution in [0.5, 0.6) is 0 Å². The number of pyridine rings is 1. The number of rotatable bonds is 4. The van der Waals surface area contributed by atoms with E-state index in [0.29, 0.717) is 23.4 Å². The molecule has 0 bridgehead atoms. The molecule has 86 valence electrons. The third kappa shape index (κ3) is 2.66. The van der Waals surface area contributed by atoms with Crippen LogP contribution in [-0.2, 0) is 6.54 Å². The summed E-state index contributed by atoms with van der Waals surface area (Å²) in [5.41, 5.74) is 1.67. The van der Waals surface area contributed by atoms with Crippen LogP contribution in [0.1, 0.15) is 15.9 Å². The molecule has 0 aliphatic rings. The van der Waals surface area contributed by atoms with Crippen molar-refractivity contribution in [3.8, 4) is 0 Å². The summed E-state index contributed by atoms with van der Waals surface area (Å²) in [5, 5.41) is 3.01. The molecule has 1 aromatic carbocycles. The van der Waals surface area contributed by atoms with E-state index in [4.69, 9.17) is 0 Å². The van der Waals surface area contributed by atoms with Crippen molar-refractivity contribution in [3.63, 3.8) is 0 Å². The number of aldehydes is 1. The molecule has 0 saturated carbocycles. The Balaban J connectivity index is 2.13. The predicted molar refractivity (Wildman–Crippen MR) is 63.4 cm³/mol. The van der Waals surface area contributed by atoms with E-state index in [1.165, 1.54) is 12.3 Å². The predicted octanol–water partition coefficient (Wildman–Crippen LogP) is 2.65. The molecule has 17 heavy (non-hydrogen) atoms. The summed E-state index contributed by atoms with van der Waals surface area (Å²) in [5.74, 6) is -0.262. The highest BCUT2D eigenvalue weighted by molar-refractivity contribution is 5.83. The molecule has 0 amide bonds. The van der Waals surface area contributed by atoms with Crippen LogP contribution in [0.2, 0.25) is 0 Å². The molecule has 0 unspecified atom stereocenters. The number of benzene rings is 1. The normalized spacial score (nSPS) is 9.94. The molecule has 0 spiro atoms. The number of hydrogen-bond donors (Lipinski definition) is 1. The van der Waals surface area contributed by atoms with Crippen LogP contribution in [-0.4, -0.2) is 11.3 Å². The van der Waals surface area contributed by atoms with Crippen LogP contribution in [0.4, 0.5) is 10.1 Å². The van der Waals surface area contributed by atoms with Gasteiger partial charge in [0.05, 0.1) is 5.56 Å². The largest absolute Gasteiger partial charge is 0.380 e. The third-order valence-corrected chi connectivity index (χ3v) is 2.41. The van der Waals surface area contributed by atoms with Crippen LogP contribution in [0.25, 0.3) is 0 Å². The minimum absolute atomic E-state index is 0.262.